The summed E-state index contributed by atoms with van der Waals surface area (Å²) < 4.78 is 0. The van der Waals surface area contributed by atoms with Gasteiger partial charge in [0.2, 0.25) is 5.82 Å². The van der Waals surface area contributed by atoms with Crippen LogP contribution in [0.5, 0.6) is 0 Å². The second-order valence-electron chi connectivity index (χ2n) is 4.85. The second-order valence-corrected chi connectivity index (χ2v) is 4.85. The smallest absolute Gasteiger partial charge is 0.257 e. The quantitative estimate of drug-likeness (QED) is 0.656. The van der Waals surface area contributed by atoms with Crippen molar-refractivity contribution in [2.24, 2.45) is 0 Å². The third kappa shape index (κ3) is 4.64. The molecule has 0 fully saturated rings. The van der Waals surface area contributed by atoms with Crippen LogP contribution in [0.25, 0.3) is 0 Å². The third-order valence-corrected chi connectivity index (χ3v) is 3.19. The highest BCUT2D eigenvalue weighted by Gasteiger charge is 2.08. The number of carbonyl (C=O) groups excluding carboxylic acids is 1. The Labute approximate surface area is 141 Å². The molecule has 1 aromatic heterocycles. The molecule has 0 unspecified atom stereocenters. The van der Waals surface area contributed by atoms with Crippen molar-refractivity contribution in [1.82, 2.24) is 4.98 Å². The van der Waals surface area contributed by atoms with E-state index in [-0.39, 0.29) is 18.3 Å². The summed E-state index contributed by atoms with van der Waals surface area (Å²) in [5, 5.41) is 4.81. The van der Waals surface area contributed by atoms with E-state index in [0.717, 1.165) is 17.2 Å². The number of nitrogens with two attached hydrogens (primary N) is 1. The number of amides is 1. The Bertz CT molecular complexity index is 746. The molecule has 5 heteroatoms. The lowest BCUT2D eigenvalue weighted by molar-refractivity contribution is -0.483. The van der Waals surface area contributed by atoms with Crippen molar-refractivity contribution in [2.45, 2.75) is 0 Å². The lowest BCUT2D eigenvalue weighted by Gasteiger charge is -2.05. The molecule has 0 bridgehead atoms. The van der Waals surface area contributed by atoms with Crippen molar-refractivity contribution < 1.29 is 22.5 Å². The highest BCUT2D eigenvalue weighted by atomic mass is 35.5. The molecule has 1 amide bonds. The Kier molecular flexibility index (Phi) is 5.86. The maximum Gasteiger partial charge on any atom is 0.257 e. The zero-order valence-electron chi connectivity index (χ0n) is 12.3. The van der Waals surface area contributed by atoms with Crippen molar-refractivity contribution in [3.63, 3.8) is 0 Å². The van der Waals surface area contributed by atoms with E-state index in [2.05, 4.69) is 10.3 Å². The number of pyridine rings is 1. The third-order valence-electron chi connectivity index (χ3n) is 3.19. The molecule has 0 aliphatic rings. The Morgan fingerprint density at radius 1 is 0.870 bits per heavy atom. The molecule has 2 aromatic carbocycles. The number of aromatic nitrogens is 1. The largest absolute Gasteiger partial charge is 1.00 e. The van der Waals surface area contributed by atoms with Gasteiger partial charge in [0.1, 0.15) is 5.69 Å². The topological polar surface area (TPSA) is 58.6 Å². The van der Waals surface area contributed by atoms with Crippen LogP contribution in [-0.2, 0) is 0 Å². The van der Waals surface area contributed by atoms with E-state index < -0.39 is 0 Å². The molecule has 0 aliphatic carbocycles. The van der Waals surface area contributed by atoms with E-state index in [1.54, 1.807) is 12.3 Å². The van der Waals surface area contributed by atoms with Gasteiger partial charge in [-0.15, -0.1) is 0 Å². The molecule has 1 heterocycles. The summed E-state index contributed by atoms with van der Waals surface area (Å²) in [7, 11) is 0. The molecule has 0 aliphatic heterocycles. The summed E-state index contributed by atoms with van der Waals surface area (Å²) in [5.74, 6) is 0.660. The molecule has 4 nitrogen and oxygen atoms in total. The maximum absolute atomic E-state index is 12.1. The van der Waals surface area contributed by atoms with Crippen molar-refractivity contribution >= 4 is 23.1 Å². The molecular weight excluding hydrogens is 310 g/mol. The van der Waals surface area contributed by atoms with Crippen LogP contribution in [0.2, 0.25) is 0 Å². The number of para-hydroxylation sites is 2. The number of carbonyl (C=O) groups is 1. The lowest BCUT2D eigenvalue weighted by Crippen LogP contribution is -3.00. The minimum absolute atomic E-state index is 0. The SMILES string of the molecule is O=C(Nc1ccccc1)c1ccc([NH2+]c2ccccc2)nc1.[Cl-]. The maximum atomic E-state index is 12.1. The van der Waals surface area contributed by atoms with Gasteiger partial charge in [-0.25, -0.2) is 4.98 Å². The number of quaternary nitrogens is 1. The molecule has 0 saturated carbocycles. The number of hydrogen-bond acceptors (Lipinski definition) is 2. The van der Waals surface area contributed by atoms with Crippen LogP contribution in [0.15, 0.2) is 79.0 Å². The normalized spacial score (nSPS) is 9.74. The monoisotopic (exact) mass is 325 g/mol. The number of nitrogens with zero attached hydrogens (tertiary/aromatic N) is 1. The minimum atomic E-state index is -0.162. The first-order valence-electron chi connectivity index (χ1n) is 7.03. The summed E-state index contributed by atoms with van der Waals surface area (Å²) in [6.07, 6.45) is 1.59. The van der Waals surface area contributed by atoms with Crippen LogP contribution in [0.3, 0.4) is 0 Å². The van der Waals surface area contributed by atoms with Gasteiger partial charge < -0.3 is 17.7 Å². The van der Waals surface area contributed by atoms with E-state index in [1.165, 1.54) is 0 Å². The predicted molar refractivity (Wildman–Crippen MR) is 86.3 cm³/mol. The second kappa shape index (κ2) is 8.08. The van der Waals surface area contributed by atoms with Gasteiger partial charge >= 0.3 is 0 Å². The summed E-state index contributed by atoms with van der Waals surface area (Å²) in [4.78, 5) is 16.4. The summed E-state index contributed by atoms with van der Waals surface area (Å²) >= 11 is 0. The lowest BCUT2D eigenvalue weighted by atomic mass is 10.2. The van der Waals surface area contributed by atoms with Gasteiger partial charge in [-0.1, -0.05) is 36.4 Å². The van der Waals surface area contributed by atoms with Gasteiger partial charge in [0.15, 0.2) is 0 Å². The number of halogens is 1. The number of nitrogens with one attached hydrogen (secondary N) is 1. The zero-order valence-corrected chi connectivity index (χ0v) is 13.1. The highest BCUT2D eigenvalue weighted by molar-refractivity contribution is 6.04. The van der Waals surface area contributed by atoms with Crippen LogP contribution in [0.1, 0.15) is 10.4 Å². The van der Waals surface area contributed by atoms with Crippen LogP contribution < -0.4 is 23.0 Å². The predicted octanol–water partition coefficient (Wildman–Crippen LogP) is -0.136. The Hall–Kier alpha value is -2.69. The standard InChI is InChI=1S/C18H15N3O.ClH/c22-18(21-16-9-5-2-6-10-16)14-11-12-17(19-13-14)20-15-7-3-1-4-8-15;/h1-13H,(H,19,20)(H,21,22);1H. The van der Waals surface area contributed by atoms with Gasteiger partial charge in [0.05, 0.1) is 5.56 Å². The van der Waals surface area contributed by atoms with E-state index in [4.69, 9.17) is 0 Å². The van der Waals surface area contributed by atoms with Crippen molar-refractivity contribution in [3.05, 3.63) is 84.6 Å². The molecule has 3 rings (SSSR count). The van der Waals surface area contributed by atoms with Crippen molar-refractivity contribution in [1.29, 1.82) is 0 Å². The fourth-order valence-corrected chi connectivity index (χ4v) is 2.07. The zero-order chi connectivity index (χ0) is 15.2. The molecule has 0 saturated heterocycles. The Morgan fingerprint density at radius 3 is 2.13 bits per heavy atom. The molecule has 116 valence electrons. The average molecular weight is 326 g/mol. The Morgan fingerprint density at radius 2 is 1.52 bits per heavy atom. The molecule has 0 radical (unpaired) electrons. The summed E-state index contributed by atoms with van der Waals surface area (Å²) in [6, 6.07) is 22.9. The summed E-state index contributed by atoms with van der Waals surface area (Å²) in [5.41, 5.74) is 2.39. The van der Waals surface area contributed by atoms with Gasteiger partial charge in [0.25, 0.3) is 5.91 Å². The first kappa shape index (κ1) is 16.7. The van der Waals surface area contributed by atoms with E-state index in [0.29, 0.717) is 5.56 Å². The molecule has 0 spiro atoms. The molecule has 23 heavy (non-hydrogen) atoms. The molecule has 0 atom stereocenters. The van der Waals surface area contributed by atoms with E-state index in [9.17, 15) is 4.79 Å². The molecule has 3 aromatic rings. The average Bonchev–Trinajstić information content (AvgIpc) is 2.57. The van der Waals surface area contributed by atoms with Crippen LogP contribution >= 0.6 is 0 Å². The summed E-state index contributed by atoms with van der Waals surface area (Å²) in [6.45, 7) is 0. The van der Waals surface area contributed by atoms with E-state index >= 15 is 0 Å². The fraction of sp³-hybridized carbons (Fsp3) is 0. The van der Waals surface area contributed by atoms with Gasteiger partial charge in [-0.2, -0.15) is 0 Å². The highest BCUT2D eigenvalue weighted by Crippen LogP contribution is 2.09. The van der Waals surface area contributed by atoms with Gasteiger partial charge in [-0.05, 0) is 30.3 Å². The van der Waals surface area contributed by atoms with Crippen molar-refractivity contribution in [3.8, 4) is 0 Å². The Balaban J connectivity index is 0.00000192. The van der Waals surface area contributed by atoms with Crippen LogP contribution in [-0.4, -0.2) is 10.9 Å². The number of anilines is 1. The van der Waals surface area contributed by atoms with Gasteiger partial charge in [0, 0.05) is 18.0 Å². The molecule has 3 N–H and O–H groups in total. The van der Waals surface area contributed by atoms with Crippen LogP contribution in [0, 0.1) is 0 Å². The van der Waals surface area contributed by atoms with Crippen LogP contribution in [0.4, 0.5) is 17.2 Å². The van der Waals surface area contributed by atoms with E-state index in [1.807, 2.05) is 72.0 Å². The fourth-order valence-electron chi connectivity index (χ4n) is 2.07. The number of hydrogen-bond donors (Lipinski definition) is 2. The molecular formula is C18H16ClN3O. The number of rotatable bonds is 4. The minimum Gasteiger partial charge on any atom is -1.00 e. The number of benzene rings is 2. The van der Waals surface area contributed by atoms with Gasteiger partial charge in [-0.3, -0.25) is 10.1 Å². The first-order chi connectivity index (χ1) is 10.8. The first-order valence-corrected chi connectivity index (χ1v) is 7.03. The van der Waals surface area contributed by atoms with Crippen molar-refractivity contribution in [2.75, 3.05) is 5.32 Å².